The van der Waals surface area contributed by atoms with Gasteiger partial charge in [0.05, 0.1) is 0 Å². The van der Waals surface area contributed by atoms with Crippen LogP contribution in [-0.4, -0.2) is 28.5 Å². The highest BCUT2D eigenvalue weighted by Crippen LogP contribution is 2.25. The van der Waals surface area contributed by atoms with Gasteiger partial charge in [-0.3, -0.25) is 9.59 Å². The maximum absolute atomic E-state index is 12.2. The highest BCUT2D eigenvalue weighted by atomic mass is 16.2. The minimum absolute atomic E-state index is 0.0178. The Bertz CT molecular complexity index is 942. The highest BCUT2D eigenvalue weighted by molar-refractivity contribution is 6.04. The van der Waals surface area contributed by atoms with Gasteiger partial charge in [0.1, 0.15) is 18.2 Å². The second kappa shape index (κ2) is 6.68. The van der Waals surface area contributed by atoms with Crippen LogP contribution in [0, 0.1) is 11.3 Å². The highest BCUT2D eigenvalue weighted by Gasteiger charge is 2.25. The van der Waals surface area contributed by atoms with Crippen LogP contribution in [-0.2, 0) is 16.1 Å². The first-order valence-corrected chi connectivity index (χ1v) is 8.94. The lowest BCUT2D eigenvalue weighted by atomic mass is 10.1. The zero-order valence-corrected chi connectivity index (χ0v) is 14.4. The number of nitrogens with one attached hydrogen (secondary N) is 2. The van der Waals surface area contributed by atoms with E-state index in [4.69, 9.17) is 0 Å². The number of carbonyl (C=O) groups excluding carboxylic acids is 2. The molecule has 2 fully saturated rings. The zero-order valence-electron chi connectivity index (χ0n) is 14.4. The molecule has 0 atom stereocenters. The third kappa shape index (κ3) is 3.62. The summed E-state index contributed by atoms with van der Waals surface area (Å²) in [5, 5.41) is 16.1. The molecule has 1 aromatic carbocycles. The van der Waals surface area contributed by atoms with Crippen molar-refractivity contribution in [3.8, 4) is 6.07 Å². The van der Waals surface area contributed by atoms with E-state index in [1.807, 2.05) is 41.1 Å². The number of hydrogen-bond donors (Lipinski definition) is 2. The predicted octanol–water partition coefficient (Wildman–Crippen LogP) is 2.11. The van der Waals surface area contributed by atoms with E-state index < -0.39 is 0 Å². The average Bonchev–Trinajstić information content (AvgIpc) is 3.55. The van der Waals surface area contributed by atoms with Crippen LogP contribution in [0.4, 0.5) is 0 Å². The second-order valence-corrected chi connectivity index (χ2v) is 6.99. The van der Waals surface area contributed by atoms with E-state index in [2.05, 4.69) is 10.6 Å². The summed E-state index contributed by atoms with van der Waals surface area (Å²) in [6.45, 7) is 0.223. The van der Waals surface area contributed by atoms with Crippen LogP contribution in [0.25, 0.3) is 17.0 Å². The molecule has 6 nitrogen and oxygen atoms in total. The molecule has 2 amide bonds. The van der Waals surface area contributed by atoms with Gasteiger partial charge in [0, 0.05) is 34.7 Å². The van der Waals surface area contributed by atoms with Gasteiger partial charge in [-0.15, -0.1) is 0 Å². The Kier molecular flexibility index (Phi) is 4.21. The third-order valence-corrected chi connectivity index (χ3v) is 4.65. The molecule has 2 aromatic rings. The molecule has 2 saturated carbocycles. The first kappa shape index (κ1) is 16.4. The number of rotatable bonds is 6. The molecule has 4 rings (SSSR count). The number of carbonyl (C=O) groups is 2. The monoisotopic (exact) mass is 348 g/mol. The van der Waals surface area contributed by atoms with Gasteiger partial charge in [0.2, 0.25) is 5.91 Å². The van der Waals surface area contributed by atoms with E-state index in [-0.39, 0.29) is 30.0 Å². The van der Waals surface area contributed by atoms with Gasteiger partial charge in [0.25, 0.3) is 5.91 Å². The van der Waals surface area contributed by atoms with Crippen LogP contribution in [0.2, 0.25) is 0 Å². The Morgan fingerprint density at radius 1 is 1.15 bits per heavy atom. The van der Waals surface area contributed by atoms with E-state index in [0.717, 1.165) is 42.1 Å². The lowest BCUT2D eigenvalue weighted by Crippen LogP contribution is -2.29. The molecule has 132 valence electrons. The van der Waals surface area contributed by atoms with Crippen LogP contribution in [0.1, 0.15) is 31.2 Å². The van der Waals surface area contributed by atoms with Crippen LogP contribution in [0.5, 0.6) is 0 Å². The smallest absolute Gasteiger partial charge is 0.262 e. The van der Waals surface area contributed by atoms with E-state index in [1.165, 1.54) is 0 Å². The first-order chi connectivity index (χ1) is 12.6. The van der Waals surface area contributed by atoms with Gasteiger partial charge in [-0.25, -0.2) is 0 Å². The number of para-hydroxylation sites is 1. The summed E-state index contributed by atoms with van der Waals surface area (Å²) in [5.41, 5.74) is 1.76. The molecule has 0 bridgehead atoms. The van der Waals surface area contributed by atoms with Crippen molar-refractivity contribution in [2.75, 3.05) is 0 Å². The van der Waals surface area contributed by atoms with Crippen LogP contribution in [0.15, 0.2) is 36.0 Å². The van der Waals surface area contributed by atoms with Gasteiger partial charge in [-0.2, -0.15) is 5.26 Å². The molecule has 26 heavy (non-hydrogen) atoms. The number of aromatic nitrogens is 1. The summed E-state index contributed by atoms with van der Waals surface area (Å²) in [6.07, 6.45) is 7.48. The van der Waals surface area contributed by atoms with Gasteiger partial charge in [-0.05, 0) is 37.8 Å². The summed E-state index contributed by atoms with van der Waals surface area (Å²) in [7, 11) is 0. The fourth-order valence-electron chi connectivity index (χ4n) is 2.97. The summed E-state index contributed by atoms with van der Waals surface area (Å²) in [4.78, 5) is 24.4. The molecular weight excluding hydrogens is 328 g/mol. The number of amides is 2. The molecule has 0 radical (unpaired) electrons. The summed E-state index contributed by atoms with van der Waals surface area (Å²) < 4.78 is 1.87. The Morgan fingerprint density at radius 3 is 2.54 bits per heavy atom. The van der Waals surface area contributed by atoms with Crippen molar-refractivity contribution in [2.45, 2.75) is 44.3 Å². The number of nitrogens with zero attached hydrogens (tertiary/aromatic N) is 2. The fourth-order valence-corrected chi connectivity index (χ4v) is 2.97. The van der Waals surface area contributed by atoms with Gasteiger partial charge < -0.3 is 15.2 Å². The molecule has 0 saturated heterocycles. The zero-order chi connectivity index (χ0) is 18.1. The van der Waals surface area contributed by atoms with Crippen molar-refractivity contribution < 1.29 is 9.59 Å². The SMILES string of the molecule is N#C/C(=C\c1cn(CC(=O)NC2CC2)c2ccccc12)C(=O)NC1CC1. The molecular formula is C20H20N4O2. The van der Waals surface area contributed by atoms with Crippen molar-refractivity contribution >= 4 is 28.8 Å². The Labute approximate surface area is 151 Å². The van der Waals surface area contributed by atoms with Gasteiger partial charge in [-0.1, -0.05) is 18.2 Å². The maximum Gasteiger partial charge on any atom is 0.262 e. The number of hydrogen-bond acceptors (Lipinski definition) is 3. The lowest BCUT2D eigenvalue weighted by Gasteiger charge is -2.05. The number of nitriles is 1. The lowest BCUT2D eigenvalue weighted by molar-refractivity contribution is -0.121. The number of fused-ring (bicyclic) bond motifs is 1. The standard InChI is InChI=1S/C20H20N4O2/c21-10-13(20(26)23-16-7-8-16)9-14-11-24(12-19(25)22-15-5-6-15)18-4-2-1-3-17(14)18/h1-4,9,11,15-16H,5-8,12H2,(H,22,25)(H,23,26)/b13-9+. The van der Waals surface area contributed by atoms with E-state index >= 15 is 0 Å². The quantitative estimate of drug-likeness (QED) is 0.619. The largest absolute Gasteiger partial charge is 0.352 e. The summed E-state index contributed by atoms with van der Waals surface area (Å²) >= 11 is 0. The molecule has 0 spiro atoms. The van der Waals surface area contributed by atoms with E-state index in [1.54, 1.807) is 6.08 Å². The Balaban J connectivity index is 1.63. The Hall–Kier alpha value is -3.07. The minimum atomic E-state index is -0.335. The summed E-state index contributed by atoms with van der Waals surface area (Å²) in [6, 6.07) is 10.2. The van der Waals surface area contributed by atoms with Gasteiger partial charge in [0.15, 0.2) is 0 Å². The van der Waals surface area contributed by atoms with E-state index in [9.17, 15) is 14.9 Å². The number of benzene rings is 1. The molecule has 1 heterocycles. The minimum Gasteiger partial charge on any atom is -0.352 e. The van der Waals surface area contributed by atoms with E-state index in [0.29, 0.717) is 6.04 Å². The first-order valence-electron chi connectivity index (χ1n) is 8.94. The average molecular weight is 348 g/mol. The molecule has 1 aromatic heterocycles. The summed E-state index contributed by atoms with van der Waals surface area (Å²) in [5.74, 6) is -0.353. The van der Waals surface area contributed by atoms with Crippen molar-refractivity contribution in [1.82, 2.24) is 15.2 Å². The van der Waals surface area contributed by atoms with Crippen molar-refractivity contribution in [3.05, 3.63) is 41.6 Å². The molecule has 6 heteroatoms. The van der Waals surface area contributed by atoms with Crippen LogP contribution in [0.3, 0.4) is 0 Å². The Morgan fingerprint density at radius 2 is 1.85 bits per heavy atom. The predicted molar refractivity (Wildman–Crippen MR) is 97.9 cm³/mol. The topological polar surface area (TPSA) is 86.9 Å². The fraction of sp³-hybridized carbons (Fsp3) is 0.350. The third-order valence-electron chi connectivity index (χ3n) is 4.65. The molecule has 2 aliphatic rings. The maximum atomic E-state index is 12.2. The van der Waals surface area contributed by atoms with Crippen molar-refractivity contribution in [1.29, 1.82) is 5.26 Å². The molecule has 0 unspecified atom stereocenters. The van der Waals surface area contributed by atoms with Crippen molar-refractivity contribution in [3.63, 3.8) is 0 Å². The molecule has 2 N–H and O–H groups in total. The normalized spacial score (nSPS) is 17.0. The molecule has 0 aliphatic heterocycles. The van der Waals surface area contributed by atoms with Crippen LogP contribution >= 0.6 is 0 Å². The molecule has 2 aliphatic carbocycles. The van der Waals surface area contributed by atoms with Gasteiger partial charge >= 0.3 is 0 Å². The van der Waals surface area contributed by atoms with Crippen LogP contribution < -0.4 is 10.6 Å². The second-order valence-electron chi connectivity index (χ2n) is 6.99. The van der Waals surface area contributed by atoms with Crippen molar-refractivity contribution in [2.24, 2.45) is 0 Å².